The highest BCUT2D eigenvalue weighted by Gasteiger charge is 2.04. The molecule has 3 rings (SSSR count). The van der Waals surface area contributed by atoms with Crippen LogP contribution in [0.15, 0.2) is 60.9 Å². The molecule has 25 heavy (non-hydrogen) atoms. The topological polar surface area (TPSA) is 89.5 Å². The van der Waals surface area contributed by atoms with Gasteiger partial charge in [0.15, 0.2) is 0 Å². The Kier molecular flexibility index (Phi) is 4.84. The Morgan fingerprint density at radius 2 is 2.16 bits per heavy atom. The van der Waals surface area contributed by atoms with Gasteiger partial charge in [-0.05, 0) is 23.8 Å². The Morgan fingerprint density at radius 1 is 1.28 bits per heavy atom. The van der Waals surface area contributed by atoms with Gasteiger partial charge in [0.25, 0.3) is 5.69 Å². The van der Waals surface area contributed by atoms with Gasteiger partial charge in [0.05, 0.1) is 10.6 Å². The first kappa shape index (κ1) is 16.4. The Labute approximate surface area is 143 Å². The van der Waals surface area contributed by atoms with Crippen molar-refractivity contribution in [1.82, 2.24) is 14.7 Å². The summed E-state index contributed by atoms with van der Waals surface area (Å²) in [5.74, 6) is -0.254. The zero-order chi connectivity index (χ0) is 17.6. The van der Waals surface area contributed by atoms with Crippen molar-refractivity contribution in [2.45, 2.75) is 6.42 Å². The van der Waals surface area contributed by atoms with Crippen molar-refractivity contribution in [2.24, 2.45) is 0 Å². The fraction of sp³-hybridized carbons (Fsp3) is 0.111. The molecule has 2 aromatic heterocycles. The lowest BCUT2D eigenvalue weighted by Gasteiger charge is -2.00. The van der Waals surface area contributed by atoms with Crippen LogP contribution >= 0.6 is 0 Å². The normalized spacial score (nSPS) is 11.0. The van der Waals surface area contributed by atoms with Gasteiger partial charge in [0.2, 0.25) is 5.91 Å². The van der Waals surface area contributed by atoms with E-state index in [1.165, 1.54) is 18.2 Å². The lowest BCUT2D eigenvalue weighted by molar-refractivity contribution is -0.384. The third-order valence-corrected chi connectivity index (χ3v) is 3.60. The average molecular weight is 336 g/mol. The van der Waals surface area contributed by atoms with E-state index in [-0.39, 0.29) is 11.6 Å². The van der Waals surface area contributed by atoms with E-state index in [9.17, 15) is 14.9 Å². The van der Waals surface area contributed by atoms with E-state index >= 15 is 0 Å². The molecular weight excluding hydrogens is 320 g/mol. The second kappa shape index (κ2) is 7.39. The molecule has 3 aromatic rings. The largest absolute Gasteiger partial charge is 0.352 e. The molecule has 0 fully saturated rings. The van der Waals surface area contributed by atoms with Gasteiger partial charge >= 0.3 is 0 Å². The summed E-state index contributed by atoms with van der Waals surface area (Å²) >= 11 is 0. The van der Waals surface area contributed by atoms with Crippen molar-refractivity contribution >= 4 is 23.3 Å². The number of carbonyl (C=O) groups excluding carboxylic acids is 1. The van der Waals surface area contributed by atoms with Crippen molar-refractivity contribution in [3.05, 3.63) is 82.3 Å². The molecule has 0 saturated heterocycles. The van der Waals surface area contributed by atoms with Gasteiger partial charge in [-0.15, -0.1) is 0 Å². The molecule has 0 saturated carbocycles. The van der Waals surface area contributed by atoms with E-state index in [4.69, 9.17) is 0 Å². The van der Waals surface area contributed by atoms with Crippen molar-refractivity contribution in [3.63, 3.8) is 0 Å². The minimum absolute atomic E-state index is 0.00518. The lowest BCUT2D eigenvalue weighted by atomic mass is 10.2. The molecule has 7 heteroatoms. The van der Waals surface area contributed by atoms with E-state index in [0.717, 1.165) is 11.3 Å². The van der Waals surface area contributed by atoms with Gasteiger partial charge in [-0.3, -0.25) is 14.9 Å². The number of rotatable bonds is 6. The van der Waals surface area contributed by atoms with E-state index < -0.39 is 4.92 Å². The van der Waals surface area contributed by atoms with Gasteiger partial charge in [0, 0.05) is 43.6 Å². The molecular formula is C18H16N4O3. The van der Waals surface area contributed by atoms with Crippen LogP contribution in [0.25, 0.3) is 11.7 Å². The highest BCUT2D eigenvalue weighted by atomic mass is 16.6. The number of nitro benzene ring substituents is 1. The number of hydrogen-bond donors (Lipinski definition) is 1. The Hall–Kier alpha value is -3.48. The molecule has 0 unspecified atom stereocenters. The zero-order valence-electron chi connectivity index (χ0n) is 13.3. The highest BCUT2D eigenvalue weighted by molar-refractivity contribution is 5.91. The molecule has 1 aromatic carbocycles. The maximum absolute atomic E-state index is 11.8. The number of fused-ring (bicyclic) bond motifs is 1. The molecule has 0 aliphatic heterocycles. The van der Waals surface area contributed by atoms with Gasteiger partial charge < -0.3 is 9.72 Å². The van der Waals surface area contributed by atoms with E-state index in [0.29, 0.717) is 18.5 Å². The Balaban J connectivity index is 1.52. The Bertz CT molecular complexity index is 913. The van der Waals surface area contributed by atoms with Crippen LogP contribution in [-0.4, -0.2) is 26.8 Å². The lowest BCUT2D eigenvalue weighted by Crippen LogP contribution is -2.23. The second-order valence-electron chi connectivity index (χ2n) is 5.42. The molecule has 0 radical (unpaired) electrons. The van der Waals surface area contributed by atoms with Crippen LogP contribution in [-0.2, 0) is 11.2 Å². The molecule has 0 atom stereocenters. The minimum Gasteiger partial charge on any atom is -0.352 e. The van der Waals surface area contributed by atoms with Crippen molar-refractivity contribution in [2.75, 3.05) is 6.54 Å². The van der Waals surface area contributed by atoms with Gasteiger partial charge in [0.1, 0.15) is 5.65 Å². The third kappa shape index (κ3) is 4.29. The fourth-order valence-corrected chi connectivity index (χ4v) is 2.39. The zero-order valence-corrected chi connectivity index (χ0v) is 13.3. The molecule has 0 spiro atoms. The summed E-state index contributed by atoms with van der Waals surface area (Å²) in [6.45, 7) is 0.460. The standard InChI is InChI=1S/C18H16N4O3/c23-18(8-7-14-4-3-5-16(12-14)22(24)25)19-10-9-15-13-21-11-2-1-6-17(21)20-15/h1-8,11-13H,9-10H2,(H,19,23)/b8-7+. The predicted molar refractivity (Wildman–Crippen MR) is 94.0 cm³/mol. The molecule has 1 N–H and O–H groups in total. The van der Waals surface area contributed by atoms with Crippen molar-refractivity contribution in [3.8, 4) is 0 Å². The van der Waals surface area contributed by atoms with Crippen LogP contribution in [0.2, 0.25) is 0 Å². The number of pyridine rings is 1. The number of amides is 1. The molecule has 0 aliphatic carbocycles. The van der Waals surface area contributed by atoms with Crippen LogP contribution in [0.1, 0.15) is 11.3 Å². The number of nitro groups is 1. The SMILES string of the molecule is O=C(/C=C/c1cccc([N+](=O)[O-])c1)NCCc1cn2ccccc2n1. The fourth-order valence-electron chi connectivity index (χ4n) is 2.39. The molecule has 126 valence electrons. The second-order valence-corrected chi connectivity index (χ2v) is 5.42. The van der Waals surface area contributed by atoms with Gasteiger partial charge in [-0.2, -0.15) is 0 Å². The summed E-state index contributed by atoms with van der Waals surface area (Å²) < 4.78 is 1.93. The molecule has 1 amide bonds. The van der Waals surface area contributed by atoms with Crippen LogP contribution in [0.5, 0.6) is 0 Å². The van der Waals surface area contributed by atoms with Crippen LogP contribution in [0, 0.1) is 10.1 Å². The predicted octanol–water partition coefficient (Wildman–Crippen LogP) is 2.61. The summed E-state index contributed by atoms with van der Waals surface area (Å²) in [5, 5.41) is 13.5. The van der Waals surface area contributed by atoms with E-state index in [1.54, 1.807) is 18.2 Å². The number of aromatic nitrogens is 2. The van der Waals surface area contributed by atoms with Crippen molar-refractivity contribution in [1.29, 1.82) is 0 Å². The number of carbonyl (C=O) groups is 1. The maximum atomic E-state index is 11.8. The minimum atomic E-state index is -0.466. The maximum Gasteiger partial charge on any atom is 0.270 e. The monoisotopic (exact) mass is 336 g/mol. The summed E-state index contributed by atoms with van der Waals surface area (Å²) in [7, 11) is 0. The van der Waals surface area contributed by atoms with Gasteiger partial charge in [-0.1, -0.05) is 18.2 Å². The first-order valence-electron chi connectivity index (χ1n) is 7.75. The number of imidazole rings is 1. The van der Waals surface area contributed by atoms with Gasteiger partial charge in [-0.25, -0.2) is 4.98 Å². The third-order valence-electron chi connectivity index (χ3n) is 3.60. The summed E-state index contributed by atoms with van der Waals surface area (Å²) in [4.78, 5) is 26.6. The first-order valence-corrected chi connectivity index (χ1v) is 7.75. The molecule has 7 nitrogen and oxygen atoms in total. The number of non-ortho nitro benzene ring substituents is 1. The van der Waals surface area contributed by atoms with Crippen molar-refractivity contribution < 1.29 is 9.72 Å². The molecule has 0 bridgehead atoms. The van der Waals surface area contributed by atoms with E-state index in [2.05, 4.69) is 10.3 Å². The summed E-state index contributed by atoms with van der Waals surface area (Å²) in [6, 6.07) is 11.9. The van der Waals surface area contributed by atoms with Crippen LogP contribution < -0.4 is 5.32 Å². The smallest absolute Gasteiger partial charge is 0.270 e. The summed E-state index contributed by atoms with van der Waals surface area (Å²) in [5.41, 5.74) is 2.36. The molecule has 0 aliphatic rings. The van der Waals surface area contributed by atoms with Crippen LogP contribution in [0.4, 0.5) is 5.69 Å². The average Bonchev–Trinajstić information content (AvgIpc) is 3.03. The molecule has 2 heterocycles. The number of nitrogens with zero attached hydrogens (tertiary/aromatic N) is 3. The first-order chi connectivity index (χ1) is 12.1. The van der Waals surface area contributed by atoms with E-state index in [1.807, 2.05) is 35.0 Å². The number of benzene rings is 1. The number of hydrogen-bond acceptors (Lipinski definition) is 4. The highest BCUT2D eigenvalue weighted by Crippen LogP contribution is 2.14. The Morgan fingerprint density at radius 3 is 2.96 bits per heavy atom. The van der Waals surface area contributed by atoms with Crippen LogP contribution in [0.3, 0.4) is 0 Å². The summed E-state index contributed by atoms with van der Waals surface area (Å²) in [6.07, 6.45) is 7.39. The number of nitrogens with one attached hydrogen (secondary N) is 1. The quantitative estimate of drug-likeness (QED) is 0.426.